The normalized spacial score (nSPS) is 19.5. The van der Waals surface area contributed by atoms with Crippen LogP contribution < -0.4 is 10.2 Å². The number of ether oxygens (including phenoxy) is 1. The Labute approximate surface area is 181 Å². The van der Waals surface area contributed by atoms with E-state index in [1.165, 1.54) is 0 Å². The summed E-state index contributed by atoms with van der Waals surface area (Å²) in [4.78, 5) is 31.5. The van der Waals surface area contributed by atoms with Crippen molar-refractivity contribution in [1.29, 1.82) is 0 Å². The molecule has 1 aromatic carbocycles. The summed E-state index contributed by atoms with van der Waals surface area (Å²) in [6.45, 7) is 3.14. The standard InChI is InChI=1S/C23H26N6O2/c30-22(18-3-1-17(2-4-18)21-24-10-11-25-21)27-19-6-12-29(15-19)23-26-9-5-20(28-23)16-7-13-31-14-8-16/h1-5,9-11,16,19H,6-8,12-15H2,(H,24,25)(H,27,30). The molecule has 1 atom stereocenters. The Morgan fingerprint density at radius 1 is 1.06 bits per heavy atom. The zero-order valence-electron chi connectivity index (χ0n) is 17.3. The third kappa shape index (κ3) is 4.44. The van der Waals surface area contributed by atoms with Gasteiger partial charge in [-0.3, -0.25) is 4.79 Å². The van der Waals surface area contributed by atoms with Crippen LogP contribution in [0.2, 0.25) is 0 Å². The van der Waals surface area contributed by atoms with Crippen LogP contribution in [0.3, 0.4) is 0 Å². The zero-order chi connectivity index (χ0) is 21.0. The first-order chi connectivity index (χ1) is 15.3. The van der Waals surface area contributed by atoms with Gasteiger partial charge < -0.3 is 19.9 Å². The number of hydrogen-bond acceptors (Lipinski definition) is 6. The predicted octanol–water partition coefficient (Wildman–Crippen LogP) is 2.77. The van der Waals surface area contributed by atoms with Crippen molar-refractivity contribution in [2.45, 2.75) is 31.2 Å². The molecule has 0 aliphatic carbocycles. The van der Waals surface area contributed by atoms with Crippen LogP contribution in [0.4, 0.5) is 5.95 Å². The average Bonchev–Trinajstić information content (AvgIpc) is 3.53. The number of hydrogen-bond donors (Lipinski definition) is 2. The number of benzene rings is 1. The first-order valence-electron chi connectivity index (χ1n) is 10.8. The minimum absolute atomic E-state index is 0.0604. The van der Waals surface area contributed by atoms with E-state index in [9.17, 15) is 4.79 Å². The number of nitrogens with one attached hydrogen (secondary N) is 2. The highest BCUT2D eigenvalue weighted by Gasteiger charge is 2.27. The van der Waals surface area contributed by atoms with Crippen LogP contribution in [0.25, 0.3) is 11.4 Å². The van der Waals surface area contributed by atoms with E-state index >= 15 is 0 Å². The average molecular weight is 419 g/mol. The number of aromatic amines is 1. The number of amides is 1. The van der Waals surface area contributed by atoms with E-state index in [1.807, 2.05) is 36.5 Å². The Balaban J connectivity index is 1.19. The van der Waals surface area contributed by atoms with E-state index in [0.717, 1.165) is 62.1 Å². The van der Waals surface area contributed by atoms with E-state index < -0.39 is 0 Å². The maximum absolute atomic E-state index is 12.7. The number of aromatic nitrogens is 4. The van der Waals surface area contributed by atoms with Gasteiger partial charge in [-0.25, -0.2) is 15.0 Å². The second-order valence-electron chi connectivity index (χ2n) is 8.09. The van der Waals surface area contributed by atoms with Gasteiger partial charge in [0.15, 0.2) is 0 Å². The Hall–Kier alpha value is -3.26. The predicted molar refractivity (Wildman–Crippen MR) is 117 cm³/mol. The fourth-order valence-corrected chi connectivity index (χ4v) is 4.27. The van der Waals surface area contributed by atoms with Crippen LogP contribution in [-0.2, 0) is 4.74 Å². The second-order valence-corrected chi connectivity index (χ2v) is 8.09. The molecular formula is C23H26N6O2. The van der Waals surface area contributed by atoms with Crippen molar-refractivity contribution in [2.24, 2.45) is 0 Å². The summed E-state index contributed by atoms with van der Waals surface area (Å²) in [6.07, 6.45) is 8.23. The molecule has 31 heavy (non-hydrogen) atoms. The topological polar surface area (TPSA) is 96.0 Å². The molecule has 2 fully saturated rings. The monoisotopic (exact) mass is 418 g/mol. The summed E-state index contributed by atoms with van der Waals surface area (Å²) < 4.78 is 5.47. The van der Waals surface area contributed by atoms with Crippen LogP contribution in [0, 0.1) is 0 Å². The number of carbonyl (C=O) groups excluding carboxylic acids is 1. The summed E-state index contributed by atoms with van der Waals surface area (Å²) in [5, 5.41) is 3.15. The van der Waals surface area contributed by atoms with Gasteiger partial charge >= 0.3 is 0 Å². The van der Waals surface area contributed by atoms with Crippen LogP contribution in [0.5, 0.6) is 0 Å². The van der Waals surface area contributed by atoms with Crippen molar-refractivity contribution in [2.75, 3.05) is 31.2 Å². The highest BCUT2D eigenvalue weighted by atomic mass is 16.5. The van der Waals surface area contributed by atoms with E-state index in [4.69, 9.17) is 9.72 Å². The van der Waals surface area contributed by atoms with Gasteiger partial charge in [0.25, 0.3) is 5.91 Å². The molecule has 4 heterocycles. The molecule has 2 aromatic heterocycles. The maximum Gasteiger partial charge on any atom is 0.251 e. The molecule has 0 bridgehead atoms. The van der Waals surface area contributed by atoms with Crippen molar-refractivity contribution in [3.63, 3.8) is 0 Å². The third-order valence-corrected chi connectivity index (χ3v) is 6.03. The van der Waals surface area contributed by atoms with Gasteiger partial charge in [-0.1, -0.05) is 12.1 Å². The van der Waals surface area contributed by atoms with Gasteiger partial charge in [0, 0.05) is 73.7 Å². The highest BCUT2D eigenvalue weighted by molar-refractivity contribution is 5.94. The molecule has 1 unspecified atom stereocenters. The van der Waals surface area contributed by atoms with Gasteiger partial charge in [-0.15, -0.1) is 0 Å². The fourth-order valence-electron chi connectivity index (χ4n) is 4.27. The molecular weight excluding hydrogens is 392 g/mol. The number of carbonyl (C=O) groups is 1. The Bertz CT molecular complexity index is 1010. The van der Waals surface area contributed by atoms with Crippen molar-refractivity contribution < 1.29 is 9.53 Å². The summed E-state index contributed by atoms with van der Waals surface area (Å²) >= 11 is 0. The quantitative estimate of drug-likeness (QED) is 0.662. The zero-order valence-corrected chi connectivity index (χ0v) is 17.3. The SMILES string of the molecule is O=C(NC1CCN(c2nccc(C3CCOCC3)n2)C1)c1ccc(-c2ncc[nH]2)cc1. The molecule has 0 saturated carbocycles. The summed E-state index contributed by atoms with van der Waals surface area (Å²) in [6, 6.07) is 9.57. The molecule has 0 radical (unpaired) electrons. The van der Waals surface area contributed by atoms with Gasteiger partial charge in [0.1, 0.15) is 5.82 Å². The lowest BCUT2D eigenvalue weighted by Crippen LogP contribution is -2.37. The van der Waals surface area contributed by atoms with E-state index in [1.54, 1.807) is 12.4 Å². The molecule has 1 amide bonds. The molecule has 8 nitrogen and oxygen atoms in total. The molecule has 0 spiro atoms. The van der Waals surface area contributed by atoms with E-state index in [2.05, 4.69) is 25.2 Å². The molecule has 160 valence electrons. The van der Waals surface area contributed by atoms with Crippen LogP contribution in [0.15, 0.2) is 48.9 Å². The van der Waals surface area contributed by atoms with Gasteiger partial charge in [0.2, 0.25) is 5.95 Å². The van der Waals surface area contributed by atoms with Crippen molar-refractivity contribution in [3.8, 4) is 11.4 Å². The molecule has 8 heteroatoms. The Morgan fingerprint density at radius 2 is 1.90 bits per heavy atom. The molecule has 5 rings (SSSR count). The van der Waals surface area contributed by atoms with Crippen molar-refractivity contribution >= 4 is 11.9 Å². The molecule has 2 N–H and O–H groups in total. The Morgan fingerprint density at radius 3 is 2.68 bits per heavy atom. The summed E-state index contributed by atoms with van der Waals surface area (Å²) in [5.74, 6) is 1.93. The molecule has 3 aromatic rings. The smallest absolute Gasteiger partial charge is 0.251 e. The number of H-pyrrole nitrogens is 1. The molecule has 2 saturated heterocycles. The van der Waals surface area contributed by atoms with E-state index in [-0.39, 0.29) is 11.9 Å². The van der Waals surface area contributed by atoms with Crippen LogP contribution in [-0.4, -0.2) is 58.2 Å². The van der Waals surface area contributed by atoms with Gasteiger partial charge in [-0.05, 0) is 37.5 Å². The fraction of sp³-hybridized carbons (Fsp3) is 0.391. The van der Waals surface area contributed by atoms with Gasteiger partial charge in [-0.2, -0.15) is 0 Å². The number of anilines is 1. The number of nitrogens with zero attached hydrogens (tertiary/aromatic N) is 4. The largest absolute Gasteiger partial charge is 0.381 e. The Kier molecular flexibility index (Phi) is 5.62. The molecule has 2 aliphatic rings. The number of rotatable bonds is 5. The lowest BCUT2D eigenvalue weighted by molar-refractivity contribution is 0.0845. The van der Waals surface area contributed by atoms with Crippen molar-refractivity contribution in [1.82, 2.24) is 25.3 Å². The number of imidazole rings is 1. The lowest BCUT2D eigenvalue weighted by atomic mass is 9.96. The first kappa shape index (κ1) is 19.7. The van der Waals surface area contributed by atoms with Gasteiger partial charge in [0.05, 0.1) is 0 Å². The second kappa shape index (κ2) is 8.85. The minimum atomic E-state index is -0.0604. The third-order valence-electron chi connectivity index (χ3n) is 6.03. The highest BCUT2D eigenvalue weighted by Crippen LogP contribution is 2.27. The van der Waals surface area contributed by atoms with Crippen LogP contribution in [0.1, 0.15) is 41.2 Å². The maximum atomic E-state index is 12.7. The minimum Gasteiger partial charge on any atom is -0.381 e. The lowest BCUT2D eigenvalue weighted by Gasteiger charge is -2.23. The summed E-state index contributed by atoms with van der Waals surface area (Å²) in [7, 11) is 0. The molecule has 2 aliphatic heterocycles. The summed E-state index contributed by atoms with van der Waals surface area (Å²) in [5.41, 5.74) is 2.69. The first-order valence-corrected chi connectivity index (χ1v) is 10.8. The van der Waals surface area contributed by atoms with E-state index in [0.29, 0.717) is 18.0 Å². The van der Waals surface area contributed by atoms with Crippen LogP contribution >= 0.6 is 0 Å². The van der Waals surface area contributed by atoms with Crippen molar-refractivity contribution in [3.05, 3.63) is 60.2 Å².